The quantitative estimate of drug-likeness (QED) is 0.455. The van der Waals surface area contributed by atoms with Gasteiger partial charge in [-0.3, -0.25) is 4.55 Å². The van der Waals surface area contributed by atoms with Gasteiger partial charge in [0.2, 0.25) is 5.41 Å². The van der Waals surface area contributed by atoms with Gasteiger partial charge in [-0.15, -0.1) is 0 Å². The van der Waals surface area contributed by atoms with Crippen molar-refractivity contribution in [1.82, 2.24) is 0 Å². The molecule has 13 heteroatoms. The fourth-order valence-electron chi connectivity index (χ4n) is 3.38. The molecule has 0 radical (unpaired) electrons. The predicted molar refractivity (Wildman–Crippen MR) is 103 cm³/mol. The van der Waals surface area contributed by atoms with Gasteiger partial charge in [0.05, 0.1) is 15.5 Å². The number of halogens is 6. The van der Waals surface area contributed by atoms with Gasteiger partial charge in [0.1, 0.15) is 0 Å². The molecule has 0 spiro atoms. The molecule has 1 N–H and O–H groups in total. The number of benzene rings is 2. The number of aryl methyl sites for hydroxylation is 1. The first-order chi connectivity index (χ1) is 14.4. The molecule has 0 saturated heterocycles. The van der Waals surface area contributed by atoms with Crippen molar-refractivity contribution in [2.45, 2.75) is 47.8 Å². The van der Waals surface area contributed by atoms with E-state index in [2.05, 4.69) is 0 Å². The van der Waals surface area contributed by atoms with E-state index in [1.54, 1.807) is 0 Å². The summed E-state index contributed by atoms with van der Waals surface area (Å²) in [5, 5.41) is 0. The van der Waals surface area contributed by atoms with Crippen LogP contribution in [0.1, 0.15) is 30.5 Å². The van der Waals surface area contributed by atoms with E-state index in [9.17, 15) is 47.7 Å². The zero-order chi connectivity index (χ0) is 24.8. The molecule has 0 heterocycles. The summed E-state index contributed by atoms with van der Waals surface area (Å²) in [4.78, 5) is -1.55. The summed E-state index contributed by atoms with van der Waals surface area (Å²) >= 11 is 0. The Hall–Kier alpha value is -2.12. The largest absolute Gasteiger partial charge is 0.411 e. The first kappa shape index (κ1) is 26.1. The minimum Gasteiger partial charge on any atom is -0.282 e. The predicted octanol–water partition coefficient (Wildman–Crippen LogP) is 4.70. The topological polar surface area (TPSA) is 88.5 Å². The number of hydrogen-bond acceptors (Lipinski definition) is 4. The standard InChI is InChI=1S/C19H18F6O5S2/c1-3-12-5-6-14(11-16(12)32(28,29)30)17(18(20,21)22,19(23,24)25)13-7-9-15(10-8-13)31(26,27)4-2/h5-11H,3-4H2,1-2H3,(H,28,29,30). The van der Waals surface area contributed by atoms with Crippen LogP contribution in [0.4, 0.5) is 26.3 Å². The Morgan fingerprint density at radius 3 is 1.62 bits per heavy atom. The van der Waals surface area contributed by atoms with Crippen LogP contribution in [0.15, 0.2) is 52.3 Å². The Labute approximate surface area is 180 Å². The highest BCUT2D eigenvalue weighted by atomic mass is 32.2. The fourth-order valence-corrected chi connectivity index (χ4v) is 5.08. The van der Waals surface area contributed by atoms with Crippen molar-refractivity contribution in [3.63, 3.8) is 0 Å². The van der Waals surface area contributed by atoms with Gasteiger partial charge in [-0.1, -0.05) is 38.1 Å². The third-order valence-electron chi connectivity index (χ3n) is 5.04. The second-order valence-corrected chi connectivity index (χ2v) is 10.5. The maximum Gasteiger partial charge on any atom is 0.411 e. The fraction of sp³-hybridized carbons (Fsp3) is 0.368. The van der Waals surface area contributed by atoms with E-state index < -0.39 is 64.4 Å². The van der Waals surface area contributed by atoms with Crippen molar-refractivity contribution in [3.05, 3.63) is 59.2 Å². The molecule has 32 heavy (non-hydrogen) atoms. The average Bonchev–Trinajstić information content (AvgIpc) is 2.66. The first-order valence-corrected chi connectivity index (χ1v) is 12.1. The molecule has 0 fully saturated rings. The number of alkyl halides is 6. The molecule has 0 atom stereocenters. The van der Waals surface area contributed by atoms with E-state index in [1.807, 2.05) is 0 Å². The molecule has 0 aliphatic carbocycles. The maximum atomic E-state index is 14.2. The second kappa shape index (κ2) is 8.34. The molecular formula is C19H18F6O5S2. The molecule has 178 valence electrons. The molecule has 0 bridgehead atoms. The lowest BCUT2D eigenvalue weighted by atomic mass is 9.72. The van der Waals surface area contributed by atoms with E-state index >= 15 is 0 Å². The lowest BCUT2D eigenvalue weighted by Gasteiger charge is -2.38. The minimum atomic E-state index is -6.01. The summed E-state index contributed by atoms with van der Waals surface area (Å²) in [6.45, 7) is 2.66. The van der Waals surface area contributed by atoms with E-state index in [4.69, 9.17) is 0 Å². The van der Waals surface area contributed by atoms with Crippen molar-refractivity contribution in [3.8, 4) is 0 Å². The summed E-state index contributed by atoms with van der Waals surface area (Å²) in [7, 11) is -9.05. The Morgan fingerprint density at radius 1 is 0.781 bits per heavy atom. The highest BCUT2D eigenvalue weighted by molar-refractivity contribution is 7.91. The van der Waals surface area contributed by atoms with Gasteiger partial charge in [-0.2, -0.15) is 34.8 Å². The van der Waals surface area contributed by atoms with Gasteiger partial charge < -0.3 is 0 Å². The maximum absolute atomic E-state index is 14.2. The average molecular weight is 504 g/mol. The molecule has 0 aliphatic heterocycles. The van der Waals surface area contributed by atoms with Gasteiger partial charge in [0, 0.05) is 0 Å². The van der Waals surface area contributed by atoms with Crippen LogP contribution in [0.25, 0.3) is 0 Å². The van der Waals surface area contributed by atoms with Gasteiger partial charge in [-0.25, -0.2) is 8.42 Å². The highest BCUT2D eigenvalue weighted by Crippen LogP contribution is 2.56. The summed E-state index contributed by atoms with van der Waals surface area (Å²) in [5.41, 5.74) is -7.73. The van der Waals surface area contributed by atoms with E-state index in [0.29, 0.717) is 30.3 Å². The summed E-state index contributed by atoms with van der Waals surface area (Å²) in [6.07, 6.45) is -12.1. The minimum absolute atomic E-state index is 0.0932. The summed E-state index contributed by atoms with van der Waals surface area (Å²) < 4.78 is 142. The van der Waals surface area contributed by atoms with Crippen molar-refractivity contribution < 1.29 is 47.7 Å². The Balaban J connectivity index is 2.99. The van der Waals surface area contributed by atoms with Crippen LogP contribution in [0.5, 0.6) is 0 Å². The molecule has 2 aromatic carbocycles. The van der Waals surface area contributed by atoms with Gasteiger partial charge in [0.25, 0.3) is 10.1 Å². The van der Waals surface area contributed by atoms with Crippen molar-refractivity contribution >= 4 is 20.0 Å². The van der Waals surface area contributed by atoms with E-state index in [1.165, 1.54) is 13.8 Å². The smallest absolute Gasteiger partial charge is 0.282 e. The molecule has 0 unspecified atom stereocenters. The summed E-state index contributed by atoms with van der Waals surface area (Å²) in [5.74, 6) is -0.424. The van der Waals surface area contributed by atoms with Crippen LogP contribution < -0.4 is 0 Å². The Bertz CT molecular complexity index is 1180. The van der Waals surface area contributed by atoms with Crippen LogP contribution >= 0.6 is 0 Å². The zero-order valence-electron chi connectivity index (χ0n) is 16.6. The van der Waals surface area contributed by atoms with Gasteiger partial charge >= 0.3 is 12.4 Å². The normalized spacial score (nSPS) is 13.9. The van der Waals surface area contributed by atoms with Crippen molar-refractivity contribution in [1.29, 1.82) is 0 Å². The number of sulfone groups is 1. The second-order valence-electron chi connectivity index (χ2n) is 6.82. The zero-order valence-corrected chi connectivity index (χ0v) is 18.3. The molecule has 5 nitrogen and oxygen atoms in total. The molecular weight excluding hydrogens is 486 g/mol. The number of rotatable bonds is 6. The molecule has 0 saturated carbocycles. The number of hydrogen-bond donors (Lipinski definition) is 1. The van der Waals surface area contributed by atoms with Crippen LogP contribution in [-0.2, 0) is 31.8 Å². The van der Waals surface area contributed by atoms with Gasteiger partial charge in [-0.05, 0) is 41.3 Å². The van der Waals surface area contributed by atoms with E-state index in [-0.39, 0.29) is 18.1 Å². The molecule has 0 aliphatic rings. The third kappa shape index (κ3) is 4.37. The van der Waals surface area contributed by atoms with Crippen LogP contribution in [0.3, 0.4) is 0 Å². The third-order valence-corrected chi connectivity index (χ3v) is 7.72. The van der Waals surface area contributed by atoms with E-state index in [0.717, 1.165) is 6.07 Å². The summed E-state index contributed by atoms with van der Waals surface area (Å²) in [6, 6.07) is 3.45. The monoisotopic (exact) mass is 504 g/mol. The Kier molecular flexibility index (Phi) is 6.81. The highest BCUT2D eigenvalue weighted by Gasteiger charge is 2.72. The van der Waals surface area contributed by atoms with Crippen molar-refractivity contribution in [2.75, 3.05) is 5.75 Å². The van der Waals surface area contributed by atoms with Crippen LogP contribution in [0, 0.1) is 0 Å². The van der Waals surface area contributed by atoms with Crippen LogP contribution in [-0.4, -0.2) is 39.5 Å². The molecule has 2 aromatic rings. The lowest BCUT2D eigenvalue weighted by Crippen LogP contribution is -2.54. The van der Waals surface area contributed by atoms with Crippen molar-refractivity contribution in [2.24, 2.45) is 0 Å². The molecule has 0 amide bonds. The molecule has 2 rings (SSSR count). The SMILES string of the molecule is CCc1ccc(C(c2ccc(S(=O)(=O)CC)cc2)(C(F)(F)F)C(F)(F)F)cc1S(=O)(=O)O. The van der Waals surface area contributed by atoms with Crippen LogP contribution in [0.2, 0.25) is 0 Å². The molecule has 0 aromatic heterocycles. The lowest BCUT2D eigenvalue weighted by molar-refractivity contribution is -0.288. The first-order valence-electron chi connectivity index (χ1n) is 9.01. The Morgan fingerprint density at radius 2 is 1.25 bits per heavy atom. The van der Waals surface area contributed by atoms with Gasteiger partial charge in [0.15, 0.2) is 9.84 Å².